The summed E-state index contributed by atoms with van der Waals surface area (Å²) in [4.78, 5) is 33.2. The molecule has 4 aromatic carbocycles. The standard InChI is InChI=1S/C38H30ClN3O5S/c1-3-45-31-20-26(14-19-30(31)47-23-25-12-10-24(22-40)11-13-25)21-32-36(43)42-35(28-15-17-29(39)18-16-28)33(37(44)46-4-2)34(41-38(42)48-32)27-8-6-5-7-9-27/h5-21,35H,3-4,23H2,1-2H3/b32-21-/t35-/m1/s1. The summed E-state index contributed by atoms with van der Waals surface area (Å²) in [5.41, 5.74) is 4.06. The molecule has 1 aromatic heterocycles. The van der Waals surface area contributed by atoms with Crippen molar-refractivity contribution in [3.05, 3.63) is 155 Å². The first-order chi connectivity index (χ1) is 23.4. The fourth-order valence-corrected chi connectivity index (χ4v) is 6.52. The maximum atomic E-state index is 14.2. The van der Waals surface area contributed by atoms with Crippen molar-refractivity contribution in [2.75, 3.05) is 13.2 Å². The molecule has 6 rings (SSSR count). The number of halogens is 1. The second-order valence-electron chi connectivity index (χ2n) is 10.7. The molecule has 48 heavy (non-hydrogen) atoms. The Morgan fingerprint density at radius 2 is 1.71 bits per heavy atom. The molecule has 240 valence electrons. The number of hydrogen-bond acceptors (Lipinski definition) is 8. The van der Waals surface area contributed by atoms with Crippen LogP contribution in [0, 0.1) is 11.3 Å². The van der Waals surface area contributed by atoms with Crippen LogP contribution in [0.4, 0.5) is 0 Å². The minimum Gasteiger partial charge on any atom is -0.490 e. The van der Waals surface area contributed by atoms with Crippen LogP contribution in [0.3, 0.4) is 0 Å². The molecule has 8 nitrogen and oxygen atoms in total. The van der Waals surface area contributed by atoms with Gasteiger partial charge < -0.3 is 14.2 Å². The van der Waals surface area contributed by atoms with Crippen LogP contribution in [0.25, 0.3) is 11.8 Å². The van der Waals surface area contributed by atoms with Gasteiger partial charge in [0.1, 0.15) is 6.61 Å². The number of aromatic nitrogens is 1. The molecule has 0 N–H and O–H groups in total. The lowest BCUT2D eigenvalue weighted by Crippen LogP contribution is -2.40. The summed E-state index contributed by atoms with van der Waals surface area (Å²) < 4.78 is 19.5. The molecule has 0 amide bonds. The van der Waals surface area contributed by atoms with E-state index < -0.39 is 12.0 Å². The first-order valence-corrected chi connectivity index (χ1v) is 16.5. The van der Waals surface area contributed by atoms with Crippen molar-refractivity contribution < 1.29 is 19.0 Å². The second-order valence-corrected chi connectivity index (χ2v) is 12.2. The molecule has 0 radical (unpaired) electrons. The van der Waals surface area contributed by atoms with Gasteiger partial charge in [-0.15, -0.1) is 0 Å². The van der Waals surface area contributed by atoms with Gasteiger partial charge in [0.05, 0.1) is 46.7 Å². The van der Waals surface area contributed by atoms with E-state index in [4.69, 9.17) is 36.1 Å². The molecule has 0 saturated carbocycles. The van der Waals surface area contributed by atoms with E-state index in [2.05, 4.69) is 6.07 Å². The van der Waals surface area contributed by atoms with Crippen LogP contribution in [-0.2, 0) is 16.1 Å². The van der Waals surface area contributed by atoms with E-state index in [1.54, 1.807) is 47.9 Å². The van der Waals surface area contributed by atoms with Gasteiger partial charge in [-0.2, -0.15) is 5.26 Å². The zero-order valence-electron chi connectivity index (χ0n) is 26.2. The third-order valence-electron chi connectivity index (χ3n) is 7.60. The molecule has 1 atom stereocenters. The van der Waals surface area contributed by atoms with Crippen LogP contribution < -0.4 is 24.4 Å². The quantitative estimate of drug-likeness (QED) is 0.158. The summed E-state index contributed by atoms with van der Waals surface area (Å²) in [7, 11) is 0. The highest BCUT2D eigenvalue weighted by Crippen LogP contribution is 2.36. The third-order valence-corrected chi connectivity index (χ3v) is 8.84. The van der Waals surface area contributed by atoms with Gasteiger partial charge in [0.25, 0.3) is 5.56 Å². The lowest BCUT2D eigenvalue weighted by molar-refractivity contribution is -0.138. The monoisotopic (exact) mass is 675 g/mol. The van der Waals surface area contributed by atoms with E-state index >= 15 is 0 Å². The Bertz CT molecular complexity index is 2220. The SMILES string of the molecule is CCOC(=O)C1=C(c2ccccc2)N=c2s/c(=C\c3ccc(OCc4ccc(C#N)cc4)c(OCC)c3)c(=O)n2[C@@H]1c1ccc(Cl)cc1. The second kappa shape index (κ2) is 14.6. The summed E-state index contributed by atoms with van der Waals surface area (Å²) in [5, 5.41) is 9.60. The number of fused-ring (bicyclic) bond motifs is 1. The Hall–Kier alpha value is -5.43. The Balaban J connectivity index is 1.45. The maximum Gasteiger partial charge on any atom is 0.338 e. The first-order valence-electron chi connectivity index (χ1n) is 15.3. The van der Waals surface area contributed by atoms with E-state index in [9.17, 15) is 9.59 Å². The largest absolute Gasteiger partial charge is 0.490 e. The third kappa shape index (κ3) is 6.81. The fraction of sp³-hybridized carbons (Fsp3) is 0.158. The van der Waals surface area contributed by atoms with Crippen LogP contribution in [-0.4, -0.2) is 23.8 Å². The van der Waals surface area contributed by atoms with Crippen molar-refractivity contribution >= 4 is 40.7 Å². The molecule has 0 unspecified atom stereocenters. The van der Waals surface area contributed by atoms with Crippen molar-refractivity contribution in [3.8, 4) is 17.6 Å². The average molecular weight is 676 g/mol. The molecule has 10 heteroatoms. The van der Waals surface area contributed by atoms with Gasteiger partial charge in [0, 0.05) is 10.6 Å². The van der Waals surface area contributed by atoms with Crippen molar-refractivity contribution in [1.29, 1.82) is 5.26 Å². The number of esters is 1. The minimum absolute atomic E-state index is 0.164. The molecule has 1 aliphatic heterocycles. The number of carbonyl (C=O) groups is 1. The molecule has 0 bridgehead atoms. The van der Waals surface area contributed by atoms with E-state index in [1.807, 2.05) is 73.7 Å². The van der Waals surface area contributed by atoms with Gasteiger partial charge in [0.2, 0.25) is 0 Å². The van der Waals surface area contributed by atoms with Crippen LogP contribution >= 0.6 is 22.9 Å². The molecule has 0 spiro atoms. The molecule has 5 aromatic rings. The highest BCUT2D eigenvalue weighted by Gasteiger charge is 2.35. The number of nitrogens with zero attached hydrogens (tertiary/aromatic N) is 3. The molecule has 2 heterocycles. The first kappa shape index (κ1) is 32.5. The van der Waals surface area contributed by atoms with E-state index in [-0.39, 0.29) is 17.7 Å². The van der Waals surface area contributed by atoms with Gasteiger partial charge in [-0.1, -0.05) is 83.6 Å². The fourth-order valence-electron chi connectivity index (χ4n) is 5.39. The van der Waals surface area contributed by atoms with Crippen molar-refractivity contribution in [1.82, 2.24) is 4.57 Å². The number of thiazole rings is 1. The maximum absolute atomic E-state index is 14.2. The van der Waals surface area contributed by atoms with Gasteiger partial charge >= 0.3 is 5.97 Å². The molecular formula is C38H30ClN3O5S. The normalized spacial score (nSPS) is 14.1. The Morgan fingerprint density at radius 1 is 0.958 bits per heavy atom. The van der Waals surface area contributed by atoms with Gasteiger partial charge in [-0.05, 0) is 73.0 Å². The summed E-state index contributed by atoms with van der Waals surface area (Å²) in [6, 6.07) is 30.5. The molecule has 1 aliphatic rings. The summed E-state index contributed by atoms with van der Waals surface area (Å²) >= 11 is 7.47. The van der Waals surface area contributed by atoms with E-state index in [1.165, 1.54) is 11.3 Å². The highest BCUT2D eigenvalue weighted by atomic mass is 35.5. The molecule has 0 aliphatic carbocycles. The Labute approximate surface area is 286 Å². The van der Waals surface area contributed by atoms with Crippen LogP contribution in [0.2, 0.25) is 5.02 Å². The Kier molecular flexibility index (Phi) is 9.86. The summed E-state index contributed by atoms with van der Waals surface area (Å²) in [5.74, 6) is 0.532. The van der Waals surface area contributed by atoms with Gasteiger partial charge in [0.15, 0.2) is 16.3 Å². The highest BCUT2D eigenvalue weighted by molar-refractivity contribution is 7.07. The minimum atomic E-state index is -0.799. The van der Waals surface area contributed by atoms with Crippen molar-refractivity contribution in [2.24, 2.45) is 4.99 Å². The Morgan fingerprint density at radius 3 is 2.40 bits per heavy atom. The van der Waals surface area contributed by atoms with Crippen LogP contribution in [0.1, 0.15) is 47.7 Å². The van der Waals surface area contributed by atoms with E-state index in [0.717, 1.165) is 16.7 Å². The molecular weight excluding hydrogens is 646 g/mol. The van der Waals surface area contributed by atoms with Gasteiger partial charge in [-0.3, -0.25) is 9.36 Å². The predicted molar refractivity (Wildman–Crippen MR) is 186 cm³/mol. The van der Waals surface area contributed by atoms with Crippen LogP contribution in [0.5, 0.6) is 11.5 Å². The lowest BCUT2D eigenvalue weighted by atomic mass is 9.93. The number of nitriles is 1. The summed E-state index contributed by atoms with van der Waals surface area (Å²) in [6.45, 7) is 4.50. The summed E-state index contributed by atoms with van der Waals surface area (Å²) in [6.07, 6.45) is 1.78. The van der Waals surface area contributed by atoms with E-state index in [0.29, 0.717) is 55.9 Å². The average Bonchev–Trinajstić information content (AvgIpc) is 3.42. The smallest absolute Gasteiger partial charge is 0.338 e. The number of hydrogen-bond donors (Lipinski definition) is 0. The van der Waals surface area contributed by atoms with Crippen LogP contribution in [0.15, 0.2) is 112 Å². The van der Waals surface area contributed by atoms with Gasteiger partial charge in [-0.25, -0.2) is 9.79 Å². The zero-order chi connectivity index (χ0) is 33.6. The predicted octanol–water partition coefficient (Wildman–Crippen LogP) is 6.44. The number of rotatable bonds is 10. The van der Waals surface area contributed by atoms with Crippen molar-refractivity contribution in [2.45, 2.75) is 26.5 Å². The number of benzene rings is 4. The van der Waals surface area contributed by atoms with Crippen molar-refractivity contribution in [3.63, 3.8) is 0 Å². The molecule has 0 fully saturated rings. The lowest BCUT2D eigenvalue weighted by Gasteiger charge is -2.25. The number of ether oxygens (including phenoxy) is 3. The number of carbonyl (C=O) groups excluding carboxylic acids is 1. The molecule has 0 saturated heterocycles. The topological polar surface area (TPSA) is 103 Å². The zero-order valence-corrected chi connectivity index (χ0v) is 27.8.